The molecule has 0 bridgehead atoms. The molecule has 0 amide bonds. The molecular weight excluding hydrogens is 234 g/mol. The van der Waals surface area contributed by atoms with Crippen LogP contribution in [0, 0.1) is 5.92 Å². The lowest BCUT2D eigenvalue weighted by atomic mass is 9.74. The highest BCUT2D eigenvalue weighted by atomic mass is 16.3. The summed E-state index contributed by atoms with van der Waals surface area (Å²) in [4.78, 5) is 2.55. The van der Waals surface area contributed by atoms with Crippen LogP contribution in [0.3, 0.4) is 0 Å². The van der Waals surface area contributed by atoms with E-state index in [4.69, 9.17) is 0 Å². The number of piperidine rings is 1. The van der Waals surface area contributed by atoms with Crippen molar-refractivity contribution < 1.29 is 5.11 Å². The number of phenolic OH excluding ortho intramolecular Hbond substituents is 1. The zero-order valence-electron chi connectivity index (χ0n) is 11.9. The van der Waals surface area contributed by atoms with Crippen LogP contribution in [0.5, 0.6) is 5.75 Å². The summed E-state index contributed by atoms with van der Waals surface area (Å²) in [6, 6.07) is 6.42. The van der Waals surface area contributed by atoms with Gasteiger partial charge in [0.15, 0.2) is 0 Å². The monoisotopic (exact) mass is 257 g/mol. The van der Waals surface area contributed by atoms with E-state index in [2.05, 4.69) is 31.4 Å². The van der Waals surface area contributed by atoms with Crippen molar-refractivity contribution in [3.05, 3.63) is 42.0 Å². The summed E-state index contributed by atoms with van der Waals surface area (Å²) in [7, 11) is 0. The van der Waals surface area contributed by atoms with Crippen molar-refractivity contribution in [3.8, 4) is 5.75 Å². The molecule has 2 aliphatic rings. The maximum atomic E-state index is 9.80. The molecular formula is C17H23NO. The largest absolute Gasteiger partial charge is 0.508 e. The van der Waals surface area contributed by atoms with Gasteiger partial charge in [0.2, 0.25) is 0 Å². The summed E-state index contributed by atoms with van der Waals surface area (Å²) in [5.41, 5.74) is 2.89. The van der Waals surface area contributed by atoms with Crippen LogP contribution in [0.2, 0.25) is 0 Å². The Hall–Kier alpha value is -1.28. The number of fused-ring (bicyclic) bond motifs is 3. The maximum absolute atomic E-state index is 9.80. The van der Waals surface area contributed by atoms with Crippen LogP contribution < -0.4 is 0 Å². The fourth-order valence-corrected chi connectivity index (χ4v) is 4.17. The predicted molar refractivity (Wildman–Crippen MR) is 78.4 cm³/mol. The van der Waals surface area contributed by atoms with Gasteiger partial charge in [-0.2, -0.15) is 0 Å². The number of hydrogen-bond donors (Lipinski definition) is 1. The molecule has 1 saturated heterocycles. The molecule has 2 heteroatoms. The molecule has 1 aliphatic carbocycles. The molecule has 0 radical (unpaired) electrons. The highest BCUT2D eigenvalue weighted by Crippen LogP contribution is 2.55. The summed E-state index contributed by atoms with van der Waals surface area (Å²) in [6.45, 7) is 10.7. The first-order valence-corrected chi connectivity index (χ1v) is 7.24. The van der Waals surface area contributed by atoms with Crippen LogP contribution in [0.4, 0.5) is 0 Å². The Balaban J connectivity index is 2.10. The minimum absolute atomic E-state index is 0.151. The third kappa shape index (κ3) is 1.81. The number of nitrogens with zero attached hydrogens (tertiary/aromatic N) is 1. The van der Waals surface area contributed by atoms with Gasteiger partial charge in [-0.15, -0.1) is 6.58 Å². The summed E-state index contributed by atoms with van der Waals surface area (Å²) in [5, 5.41) is 9.80. The van der Waals surface area contributed by atoms with Crippen molar-refractivity contribution in [2.24, 2.45) is 5.92 Å². The van der Waals surface area contributed by atoms with Gasteiger partial charge in [0.05, 0.1) is 0 Å². The molecule has 0 saturated carbocycles. The Morgan fingerprint density at radius 3 is 3.00 bits per heavy atom. The lowest BCUT2D eigenvalue weighted by Crippen LogP contribution is -2.40. The van der Waals surface area contributed by atoms with E-state index in [1.807, 2.05) is 18.2 Å². The van der Waals surface area contributed by atoms with Crippen LogP contribution >= 0.6 is 0 Å². The van der Waals surface area contributed by atoms with Crippen molar-refractivity contribution >= 4 is 0 Å². The van der Waals surface area contributed by atoms with Gasteiger partial charge in [0.25, 0.3) is 0 Å². The van der Waals surface area contributed by atoms with Crippen molar-refractivity contribution in [2.45, 2.75) is 38.1 Å². The molecule has 3 rings (SSSR count). The smallest absolute Gasteiger partial charge is 0.115 e. The van der Waals surface area contributed by atoms with Gasteiger partial charge >= 0.3 is 0 Å². The number of likely N-dealkylation sites (tertiary alicyclic amines) is 1. The highest BCUT2D eigenvalue weighted by Gasteiger charge is 2.49. The first kappa shape index (κ1) is 12.7. The quantitative estimate of drug-likeness (QED) is 0.818. The fraction of sp³-hybridized carbons (Fsp3) is 0.529. The fourth-order valence-electron chi connectivity index (χ4n) is 4.17. The SMILES string of the molecule is C=CCN1CCCC2C1c1ccc(O)cc1C2(C)C. The Morgan fingerprint density at radius 2 is 2.26 bits per heavy atom. The summed E-state index contributed by atoms with van der Waals surface area (Å²) in [5.74, 6) is 1.04. The molecule has 0 aromatic heterocycles. The van der Waals surface area contributed by atoms with Gasteiger partial charge in [-0.3, -0.25) is 4.90 Å². The van der Waals surface area contributed by atoms with Gasteiger partial charge < -0.3 is 5.11 Å². The van der Waals surface area contributed by atoms with E-state index in [0.717, 1.165) is 13.1 Å². The molecule has 2 atom stereocenters. The van der Waals surface area contributed by atoms with E-state index in [-0.39, 0.29) is 5.41 Å². The van der Waals surface area contributed by atoms with Crippen LogP contribution in [0.25, 0.3) is 0 Å². The minimum Gasteiger partial charge on any atom is -0.508 e. The standard InChI is InChI=1S/C17H23NO/c1-4-9-18-10-5-6-14-16(18)13-8-7-12(19)11-15(13)17(14,2)3/h4,7-8,11,14,16,19H,1,5-6,9-10H2,2-3H3. The predicted octanol–water partition coefficient (Wildman–Crippen LogP) is 3.62. The molecule has 102 valence electrons. The van der Waals surface area contributed by atoms with E-state index in [1.165, 1.54) is 24.0 Å². The third-order valence-electron chi connectivity index (χ3n) is 5.08. The normalized spacial score (nSPS) is 28.7. The number of hydrogen-bond acceptors (Lipinski definition) is 2. The van der Waals surface area contributed by atoms with Crippen LogP contribution in [-0.4, -0.2) is 23.1 Å². The molecule has 19 heavy (non-hydrogen) atoms. The Bertz CT molecular complexity index is 506. The van der Waals surface area contributed by atoms with Crippen LogP contribution in [0.1, 0.15) is 43.9 Å². The summed E-state index contributed by atoms with van der Waals surface area (Å²) in [6.07, 6.45) is 4.55. The van der Waals surface area contributed by atoms with E-state index >= 15 is 0 Å². The van der Waals surface area contributed by atoms with Crippen molar-refractivity contribution in [3.63, 3.8) is 0 Å². The first-order valence-electron chi connectivity index (χ1n) is 7.24. The Labute approximate surface area is 115 Å². The van der Waals surface area contributed by atoms with Gasteiger partial charge in [-0.05, 0) is 54.0 Å². The summed E-state index contributed by atoms with van der Waals surface area (Å²) >= 11 is 0. The van der Waals surface area contributed by atoms with Gasteiger partial charge in [0, 0.05) is 12.6 Å². The van der Waals surface area contributed by atoms with E-state index < -0.39 is 0 Å². The van der Waals surface area contributed by atoms with Crippen LogP contribution in [-0.2, 0) is 5.41 Å². The molecule has 1 aromatic rings. The van der Waals surface area contributed by atoms with Crippen molar-refractivity contribution in [2.75, 3.05) is 13.1 Å². The zero-order valence-corrected chi connectivity index (χ0v) is 11.9. The Kier molecular flexibility index (Phi) is 2.94. The lowest BCUT2D eigenvalue weighted by Gasteiger charge is -2.41. The third-order valence-corrected chi connectivity index (χ3v) is 5.08. The molecule has 1 aromatic carbocycles. The number of phenols is 1. The van der Waals surface area contributed by atoms with Crippen LogP contribution in [0.15, 0.2) is 30.9 Å². The number of benzene rings is 1. The zero-order chi connectivity index (χ0) is 13.6. The molecule has 1 N–H and O–H groups in total. The molecule has 1 heterocycles. The molecule has 1 aliphatic heterocycles. The number of rotatable bonds is 2. The van der Waals surface area contributed by atoms with E-state index in [1.54, 1.807) is 0 Å². The second-order valence-electron chi connectivity index (χ2n) is 6.47. The van der Waals surface area contributed by atoms with E-state index in [9.17, 15) is 5.11 Å². The maximum Gasteiger partial charge on any atom is 0.115 e. The number of aromatic hydroxyl groups is 1. The van der Waals surface area contributed by atoms with Gasteiger partial charge in [-0.1, -0.05) is 26.0 Å². The lowest BCUT2D eigenvalue weighted by molar-refractivity contribution is 0.0836. The summed E-state index contributed by atoms with van der Waals surface area (Å²) < 4.78 is 0. The molecule has 1 fully saturated rings. The topological polar surface area (TPSA) is 23.5 Å². The van der Waals surface area contributed by atoms with Crippen molar-refractivity contribution in [1.82, 2.24) is 4.90 Å². The average Bonchev–Trinajstić information content (AvgIpc) is 2.60. The molecule has 0 spiro atoms. The Morgan fingerprint density at radius 1 is 1.47 bits per heavy atom. The first-order chi connectivity index (χ1) is 9.05. The van der Waals surface area contributed by atoms with Gasteiger partial charge in [0.1, 0.15) is 5.75 Å². The highest BCUT2D eigenvalue weighted by molar-refractivity contribution is 5.47. The average molecular weight is 257 g/mol. The minimum atomic E-state index is 0.151. The molecule has 2 unspecified atom stereocenters. The van der Waals surface area contributed by atoms with E-state index in [0.29, 0.717) is 17.7 Å². The second-order valence-corrected chi connectivity index (χ2v) is 6.47. The van der Waals surface area contributed by atoms with Gasteiger partial charge in [-0.25, -0.2) is 0 Å². The van der Waals surface area contributed by atoms with Crippen molar-refractivity contribution in [1.29, 1.82) is 0 Å². The molecule has 2 nitrogen and oxygen atoms in total. The second kappa shape index (κ2) is 4.38.